The minimum absolute atomic E-state index is 1.06. The van der Waals surface area contributed by atoms with Gasteiger partial charge in [-0.2, -0.15) is 0 Å². The monoisotopic (exact) mass is 174 g/mol. The maximum absolute atomic E-state index is 2.75. The van der Waals surface area contributed by atoms with Crippen molar-refractivity contribution in [2.75, 3.05) is 28.2 Å². The molecule has 0 aromatic carbocycles. The van der Waals surface area contributed by atoms with Crippen molar-refractivity contribution in [2.45, 2.75) is 26.7 Å². The van der Waals surface area contributed by atoms with Crippen LogP contribution in [0.4, 0.5) is 0 Å². The van der Waals surface area contributed by atoms with Crippen LogP contribution in [0.1, 0.15) is 26.7 Å². The fourth-order valence-electron chi connectivity index (χ4n) is 0.968. The SMILES string of the molecule is CCC1CC1C.CNC.CNC. The van der Waals surface area contributed by atoms with Crippen LogP contribution in [0.25, 0.3) is 0 Å². The second kappa shape index (κ2) is 10.9. The lowest BCUT2D eigenvalue weighted by atomic mass is 10.3. The quantitative estimate of drug-likeness (QED) is 0.632. The third kappa shape index (κ3) is 12.6. The Bertz CT molecular complexity index is 70.2. The van der Waals surface area contributed by atoms with Crippen molar-refractivity contribution in [3.63, 3.8) is 0 Å². The van der Waals surface area contributed by atoms with Crippen LogP contribution >= 0.6 is 0 Å². The Hall–Kier alpha value is -0.0800. The minimum atomic E-state index is 1.06. The Morgan fingerprint density at radius 3 is 1.33 bits per heavy atom. The minimum Gasteiger partial charge on any atom is -0.323 e. The Morgan fingerprint density at radius 2 is 1.33 bits per heavy atom. The van der Waals surface area contributed by atoms with Gasteiger partial charge >= 0.3 is 0 Å². The average molecular weight is 174 g/mol. The zero-order valence-electron chi connectivity index (χ0n) is 9.57. The van der Waals surface area contributed by atoms with Gasteiger partial charge in [0.25, 0.3) is 0 Å². The molecule has 1 rings (SSSR count). The van der Waals surface area contributed by atoms with Gasteiger partial charge in [0.15, 0.2) is 0 Å². The topological polar surface area (TPSA) is 24.1 Å². The second-order valence-corrected chi connectivity index (χ2v) is 3.38. The first-order chi connectivity index (χ1) is 5.67. The van der Waals surface area contributed by atoms with Crippen LogP contribution < -0.4 is 10.6 Å². The van der Waals surface area contributed by atoms with Crippen LogP contribution in [0.5, 0.6) is 0 Å². The highest BCUT2D eigenvalue weighted by Crippen LogP contribution is 2.39. The maximum atomic E-state index is 2.75. The highest BCUT2D eigenvalue weighted by molar-refractivity contribution is 4.80. The zero-order chi connectivity index (χ0) is 9.98. The van der Waals surface area contributed by atoms with Gasteiger partial charge in [-0.05, 0) is 46.4 Å². The Labute approximate surface area is 78.1 Å². The normalized spacial score (nSPS) is 24.5. The summed E-state index contributed by atoms with van der Waals surface area (Å²) in [4.78, 5) is 0. The molecule has 0 spiro atoms. The van der Waals surface area contributed by atoms with E-state index >= 15 is 0 Å². The molecule has 0 heterocycles. The lowest BCUT2D eigenvalue weighted by Gasteiger charge is -1.79. The molecule has 2 unspecified atom stereocenters. The van der Waals surface area contributed by atoms with Crippen LogP contribution in [0.2, 0.25) is 0 Å². The van der Waals surface area contributed by atoms with Crippen molar-refractivity contribution in [1.29, 1.82) is 0 Å². The van der Waals surface area contributed by atoms with Gasteiger partial charge in [0.1, 0.15) is 0 Å². The van der Waals surface area contributed by atoms with E-state index in [0.29, 0.717) is 0 Å². The van der Waals surface area contributed by atoms with Gasteiger partial charge < -0.3 is 10.6 Å². The van der Waals surface area contributed by atoms with Crippen molar-refractivity contribution in [3.8, 4) is 0 Å². The van der Waals surface area contributed by atoms with Crippen LogP contribution in [-0.4, -0.2) is 28.2 Å². The van der Waals surface area contributed by atoms with Gasteiger partial charge in [-0.1, -0.05) is 20.3 Å². The van der Waals surface area contributed by atoms with E-state index in [-0.39, 0.29) is 0 Å². The number of rotatable bonds is 1. The highest BCUT2D eigenvalue weighted by Gasteiger charge is 2.29. The third-order valence-electron chi connectivity index (χ3n) is 1.80. The molecule has 2 heteroatoms. The van der Waals surface area contributed by atoms with Crippen LogP contribution in [-0.2, 0) is 0 Å². The van der Waals surface area contributed by atoms with Crippen molar-refractivity contribution >= 4 is 0 Å². The molecule has 0 amide bonds. The largest absolute Gasteiger partial charge is 0.323 e. The Balaban J connectivity index is 0. The molecule has 76 valence electrons. The van der Waals surface area contributed by atoms with E-state index in [1.54, 1.807) is 0 Å². The number of hydrogen-bond donors (Lipinski definition) is 2. The molecule has 2 nitrogen and oxygen atoms in total. The first-order valence-corrected chi connectivity index (χ1v) is 4.84. The molecular formula is C10H26N2. The smallest absolute Gasteiger partial charge is 0.0167 e. The molecule has 1 aliphatic carbocycles. The summed E-state index contributed by atoms with van der Waals surface area (Å²) in [6.45, 7) is 4.60. The molecule has 1 fully saturated rings. The fraction of sp³-hybridized carbons (Fsp3) is 1.00. The Morgan fingerprint density at radius 1 is 1.08 bits per heavy atom. The van der Waals surface area contributed by atoms with Crippen molar-refractivity contribution < 1.29 is 0 Å². The van der Waals surface area contributed by atoms with Crippen molar-refractivity contribution in [3.05, 3.63) is 0 Å². The molecular weight excluding hydrogens is 148 g/mol. The maximum Gasteiger partial charge on any atom is -0.0167 e. The van der Waals surface area contributed by atoms with Crippen molar-refractivity contribution in [2.24, 2.45) is 11.8 Å². The van der Waals surface area contributed by atoms with E-state index in [4.69, 9.17) is 0 Å². The molecule has 1 aliphatic rings. The van der Waals surface area contributed by atoms with E-state index in [1.807, 2.05) is 28.2 Å². The molecule has 0 radical (unpaired) electrons. The lowest BCUT2D eigenvalue weighted by molar-refractivity contribution is 0.724. The summed E-state index contributed by atoms with van der Waals surface area (Å²) >= 11 is 0. The molecule has 0 bridgehead atoms. The van der Waals surface area contributed by atoms with Gasteiger partial charge in [0.2, 0.25) is 0 Å². The molecule has 2 atom stereocenters. The lowest BCUT2D eigenvalue weighted by Crippen LogP contribution is -1.89. The van der Waals surface area contributed by atoms with Crippen LogP contribution in [0.3, 0.4) is 0 Å². The van der Waals surface area contributed by atoms with Gasteiger partial charge in [-0.3, -0.25) is 0 Å². The Kier molecular flexibility index (Phi) is 13.1. The summed E-state index contributed by atoms with van der Waals surface area (Å²) in [5.74, 6) is 2.17. The molecule has 12 heavy (non-hydrogen) atoms. The summed E-state index contributed by atoms with van der Waals surface area (Å²) in [6.07, 6.45) is 2.90. The molecule has 0 aliphatic heterocycles. The standard InChI is InChI=1S/C6H12.2C2H7N/c1-3-6-4-5(6)2;2*1-3-2/h5-6H,3-4H2,1-2H3;2*3H,1-2H3. The summed E-state index contributed by atoms with van der Waals surface area (Å²) < 4.78 is 0. The summed E-state index contributed by atoms with van der Waals surface area (Å²) in [6, 6.07) is 0. The first kappa shape index (κ1) is 14.4. The summed E-state index contributed by atoms with van der Waals surface area (Å²) in [7, 11) is 7.50. The van der Waals surface area contributed by atoms with Gasteiger partial charge in [-0.25, -0.2) is 0 Å². The molecule has 2 N–H and O–H groups in total. The number of nitrogens with one attached hydrogen (secondary N) is 2. The number of hydrogen-bond acceptors (Lipinski definition) is 2. The van der Waals surface area contributed by atoms with E-state index < -0.39 is 0 Å². The first-order valence-electron chi connectivity index (χ1n) is 4.84. The van der Waals surface area contributed by atoms with Gasteiger partial charge in [-0.15, -0.1) is 0 Å². The van der Waals surface area contributed by atoms with Gasteiger partial charge in [0.05, 0.1) is 0 Å². The van der Waals surface area contributed by atoms with E-state index in [9.17, 15) is 0 Å². The molecule has 0 saturated heterocycles. The molecule has 0 aromatic heterocycles. The van der Waals surface area contributed by atoms with Gasteiger partial charge in [0, 0.05) is 0 Å². The van der Waals surface area contributed by atoms with E-state index in [2.05, 4.69) is 24.5 Å². The fourth-order valence-corrected chi connectivity index (χ4v) is 0.968. The predicted octanol–water partition coefficient (Wildman–Crippen LogP) is 1.72. The average Bonchev–Trinajstić information content (AvgIpc) is 2.70. The van der Waals surface area contributed by atoms with Crippen LogP contribution in [0, 0.1) is 11.8 Å². The zero-order valence-corrected chi connectivity index (χ0v) is 9.57. The van der Waals surface area contributed by atoms with E-state index in [1.165, 1.54) is 12.8 Å². The second-order valence-electron chi connectivity index (χ2n) is 3.38. The summed E-state index contributed by atoms with van der Waals surface area (Å²) in [5, 5.41) is 5.50. The third-order valence-corrected chi connectivity index (χ3v) is 1.80. The highest BCUT2D eigenvalue weighted by atomic mass is 14.7. The van der Waals surface area contributed by atoms with Crippen LogP contribution in [0.15, 0.2) is 0 Å². The van der Waals surface area contributed by atoms with Crippen molar-refractivity contribution in [1.82, 2.24) is 10.6 Å². The molecule has 0 aromatic rings. The molecule has 1 saturated carbocycles. The predicted molar refractivity (Wildman–Crippen MR) is 57.5 cm³/mol. The van der Waals surface area contributed by atoms with E-state index in [0.717, 1.165) is 11.8 Å². The summed E-state index contributed by atoms with van der Waals surface area (Å²) in [5.41, 5.74) is 0.